The Labute approximate surface area is 165 Å². The Bertz CT molecular complexity index is 735. The average Bonchev–Trinajstić information content (AvgIpc) is 2.75. The van der Waals surface area contributed by atoms with Gasteiger partial charge in [0.25, 0.3) is 0 Å². The fourth-order valence-corrected chi connectivity index (χ4v) is 3.04. The zero-order chi connectivity index (χ0) is 20.2. The maximum absolute atomic E-state index is 12.6. The summed E-state index contributed by atoms with van der Waals surface area (Å²) in [5.74, 6) is -0.548. The molecule has 2 aromatic rings. The standard InChI is InChI=1S/C22H27NO5/c1-27-20(25)22(14-8-16-24,15-13-18-9-4-2-5-10-18)23-21(26)28-17-19-11-6-3-7-12-19/h2-7,9-12,24H,8,13-17H2,1H3,(H,23,26). The van der Waals surface area contributed by atoms with Gasteiger partial charge >= 0.3 is 12.1 Å². The maximum atomic E-state index is 12.6. The monoisotopic (exact) mass is 385 g/mol. The highest BCUT2D eigenvalue weighted by molar-refractivity contribution is 5.85. The number of aryl methyl sites for hydroxylation is 1. The van der Waals surface area contributed by atoms with E-state index in [0.717, 1.165) is 11.1 Å². The minimum absolute atomic E-state index is 0.0924. The number of benzene rings is 2. The molecule has 1 amide bonds. The number of carbonyl (C=O) groups is 2. The molecule has 0 radical (unpaired) electrons. The number of carbonyl (C=O) groups excluding carboxylic acids is 2. The number of aliphatic hydroxyl groups is 1. The highest BCUT2D eigenvalue weighted by Gasteiger charge is 2.40. The quantitative estimate of drug-likeness (QED) is 0.614. The normalized spacial score (nSPS) is 12.6. The molecule has 6 nitrogen and oxygen atoms in total. The zero-order valence-corrected chi connectivity index (χ0v) is 16.1. The van der Waals surface area contributed by atoms with Gasteiger partial charge in [0.1, 0.15) is 12.1 Å². The Balaban J connectivity index is 2.10. The molecule has 0 aromatic heterocycles. The van der Waals surface area contributed by atoms with Gasteiger partial charge in [-0.3, -0.25) is 0 Å². The molecule has 2 rings (SSSR count). The summed E-state index contributed by atoms with van der Waals surface area (Å²) in [7, 11) is 1.29. The summed E-state index contributed by atoms with van der Waals surface area (Å²) < 4.78 is 10.3. The molecule has 0 saturated carbocycles. The van der Waals surface area contributed by atoms with Gasteiger partial charge in [-0.25, -0.2) is 9.59 Å². The van der Waals surface area contributed by atoms with E-state index in [2.05, 4.69) is 5.32 Å². The van der Waals surface area contributed by atoms with Gasteiger partial charge in [0.2, 0.25) is 0 Å². The van der Waals surface area contributed by atoms with Crippen LogP contribution in [0.25, 0.3) is 0 Å². The molecule has 0 aliphatic carbocycles. The summed E-state index contributed by atoms with van der Waals surface area (Å²) in [6.07, 6.45) is 0.816. The lowest BCUT2D eigenvalue weighted by molar-refractivity contribution is -0.149. The molecule has 0 heterocycles. The summed E-state index contributed by atoms with van der Waals surface area (Å²) >= 11 is 0. The summed E-state index contributed by atoms with van der Waals surface area (Å²) in [5.41, 5.74) is 0.626. The number of nitrogens with one attached hydrogen (secondary N) is 1. The van der Waals surface area contributed by atoms with Gasteiger partial charge < -0.3 is 19.9 Å². The zero-order valence-electron chi connectivity index (χ0n) is 16.1. The molecule has 28 heavy (non-hydrogen) atoms. The SMILES string of the molecule is COC(=O)C(CCCO)(CCc1ccccc1)NC(=O)OCc1ccccc1. The van der Waals surface area contributed by atoms with Crippen LogP contribution in [0.4, 0.5) is 4.79 Å². The number of hydrogen-bond acceptors (Lipinski definition) is 5. The Morgan fingerprint density at radius 3 is 2.14 bits per heavy atom. The van der Waals surface area contributed by atoms with Crippen LogP contribution in [0.5, 0.6) is 0 Å². The van der Waals surface area contributed by atoms with Crippen molar-refractivity contribution in [3.8, 4) is 0 Å². The van der Waals surface area contributed by atoms with Gasteiger partial charge in [-0.2, -0.15) is 0 Å². The van der Waals surface area contributed by atoms with E-state index in [0.29, 0.717) is 19.3 Å². The van der Waals surface area contributed by atoms with Crippen molar-refractivity contribution < 1.29 is 24.2 Å². The number of ether oxygens (including phenoxy) is 2. The molecule has 150 valence electrons. The van der Waals surface area contributed by atoms with Crippen LogP contribution in [0.1, 0.15) is 30.4 Å². The molecule has 0 saturated heterocycles. The van der Waals surface area contributed by atoms with Gasteiger partial charge in [0.05, 0.1) is 7.11 Å². The van der Waals surface area contributed by atoms with E-state index in [1.807, 2.05) is 60.7 Å². The fourth-order valence-electron chi connectivity index (χ4n) is 3.04. The number of alkyl carbamates (subject to hydrolysis) is 1. The number of rotatable bonds is 10. The van der Waals surface area contributed by atoms with E-state index in [1.54, 1.807) is 0 Å². The van der Waals surface area contributed by atoms with E-state index in [9.17, 15) is 14.7 Å². The van der Waals surface area contributed by atoms with Gasteiger partial charge in [-0.05, 0) is 36.8 Å². The van der Waals surface area contributed by atoms with Crippen molar-refractivity contribution in [2.75, 3.05) is 13.7 Å². The van der Waals surface area contributed by atoms with Crippen LogP contribution < -0.4 is 5.32 Å². The van der Waals surface area contributed by atoms with E-state index in [1.165, 1.54) is 7.11 Å². The van der Waals surface area contributed by atoms with Crippen LogP contribution in [0.3, 0.4) is 0 Å². The van der Waals surface area contributed by atoms with Gasteiger partial charge in [0, 0.05) is 6.61 Å². The number of hydrogen-bond donors (Lipinski definition) is 2. The van der Waals surface area contributed by atoms with Crippen LogP contribution in [0.2, 0.25) is 0 Å². The number of aliphatic hydroxyl groups excluding tert-OH is 1. The second kappa shape index (κ2) is 11.1. The Morgan fingerprint density at radius 2 is 1.57 bits per heavy atom. The lowest BCUT2D eigenvalue weighted by Gasteiger charge is -2.31. The molecule has 0 fully saturated rings. The van der Waals surface area contributed by atoms with Crippen molar-refractivity contribution >= 4 is 12.1 Å². The topological polar surface area (TPSA) is 84.9 Å². The van der Waals surface area contributed by atoms with Crippen LogP contribution in [-0.2, 0) is 27.3 Å². The Morgan fingerprint density at radius 1 is 0.964 bits per heavy atom. The second-order valence-corrected chi connectivity index (χ2v) is 6.57. The van der Waals surface area contributed by atoms with Crippen LogP contribution in [0, 0.1) is 0 Å². The molecule has 0 aliphatic rings. The lowest BCUT2D eigenvalue weighted by atomic mass is 9.86. The van der Waals surface area contributed by atoms with Gasteiger partial charge in [-0.1, -0.05) is 60.7 Å². The summed E-state index contributed by atoms with van der Waals surface area (Å²) in [6, 6.07) is 19.0. The highest BCUT2D eigenvalue weighted by Crippen LogP contribution is 2.23. The van der Waals surface area contributed by atoms with E-state index < -0.39 is 17.6 Å². The summed E-state index contributed by atoms with van der Waals surface area (Å²) in [5, 5.41) is 12.0. The summed E-state index contributed by atoms with van der Waals surface area (Å²) in [6.45, 7) is 0.00738. The highest BCUT2D eigenvalue weighted by atomic mass is 16.6. The van der Waals surface area contributed by atoms with E-state index in [-0.39, 0.29) is 19.6 Å². The van der Waals surface area contributed by atoms with Crippen molar-refractivity contribution in [2.24, 2.45) is 0 Å². The van der Waals surface area contributed by atoms with Crippen molar-refractivity contribution in [3.05, 3.63) is 71.8 Å². The smallest absolute Gasteiger partial charge is 0.408 e. The first kappa shape index (κ1) is 21.4. The van der Waals surface area contributed by atoms with Crippen molar-refractivity contribution in [1.29, 1.82) is 0 Å². The molecule has 2 aromatic carbocycles. The fraction of sp³-hybridized carbons (Fsp3) is 0.364. The molecule has 0 aliphatic heterocycles. The second-order valence-electron chi connectivity index (χ2n) is 6.57. The number of esters is 1. The summed E-state index contributed by atoms with van der Waals surface area (Å²) in [4.78, 5) is 25.0. The first-order valence-corrected chi connectivity index (χ1v) is 9.32. The van der Waals surface area contributed by atoms with Crippen LogP contribution in [-0.4, -0.2) is 36.4 Å². The molecule has 1 unspecified atom stereocenters. The average molecular weight is 385 g/mol. The lowest BCUT2D eigenvalue weighted by Crippen LogP contribution is -2.55. The molecule has 2 N–H and O–H groups in total. The molecule has 0 spiro atoms. The Kier molecular flexibility index (Phi) is 8.49. The molecule has 0 bridgehead atoms. The molecular formula is C22H27NO5. The van der Waals surface area contributed by atoms with Crippen LogP contribution >= 0.6 is 0 Å². The minimum Gasteiger partial charge on any atom is -0.467 e. The van der Waals surface area contributed by atoms with E-state index >= 15 is 0 Å². The predicted molar refractivity (Wildman–Crippen MR) is 106 cm³/mol. The third kappa shape index (κ3) is 6.39. The maximum Gasteiger partial charge on any atom is 0.408 e. The molecule has 6 heteroatoms. The molecule has 1 atom stereocenters. The minimum atomic E-state index is -1.26. The number of methoxy groups -OCH3 is 1. The van der Waals surface area contributed by atoms with Crippen molar-refractivity contribution in [2.45, 2.75) is 37.8 Å². The Hall–Kier alpha value is -2.86. The third-order valence-corrected chi connectivity index (χ3v) is 4.58. The van der Waals surface area contributed by atoms with E-state index in [4.69, 9.17) is 9.47 Å². The van der Waals surface area contributed by atoms with Crippen molar-refractivity contribution in [1.82, 2.24) is 5.32 Å². The third-order valence-electron chi connectivity index (χ3n) is 4.58. The largest absolute Gasteiger partial charge is 0.467 e. The predicted octanol–water partition coefficient (Wildman–Crippen LogP) is 3.23. The first-order valence-electron chi connectivity index (χ1n) is 9.32. The van der Waals surface area contributed by atoms with Crippen molar-refractivity contribution in [3.63, 3.8) is 0 Å². The van der Waals surface area contributed by atoms with Crippen LogP contribution in [0.15, 0.2) is 60.7 Å². The van der Waals surface area contributed by atoms with Gasteiger partial charge in [-0.15, -0.1) is 0 Å². The van der Waals surface area contributed by atoms with Gasteiger partial charge in [0.15, 0.2) is 0 Å². The number of amides is 1. The first-order chi connectivity index (χ1) is 13.6. The molecular weight excluding hydrogens is 358 g/mol.